The van der Waals surface area contributed by atoms with Crippen molar-refractivity contribution in [2.24, 2.45) is 0 Å². The van der Waals surface area contributed by atoms with E-state index in [9.17, 15) is 9.18 Å². The molecule has 4 nitrogen and oxygen atoms in total. The van der Waals surface area contributed by atoms with Crippen LogP contribution in [-0.2, 0) is 11.4 Å². The van der Waals surface area contributed by atoms with Gasteiger partial charge in [0.05, 0.1) is 16.5 Å². The van der Waals surface area contributed by atoms with Crippen molar-refractivity contribution >= 4 is 51.9 Å². The molecule has 140 valence electrons. The van der Waals surface area contributed by atoms with Gasteiger partial charge in [0.25, 0.3) is 5.91 Å². The second kappa shape index (κ2) is 8.73. The molecule has 0 atom stereocenters. The van der Waals surface area contributed by atoms with E-state index in [-0.39, 0.29) is 18.3 Å². The zero-order valence-corrected chi connectivity index (χ0v) is 16.6. The Morgan fingerprint density at radius 3 is 2.74 bits per heavy atom. The summed E-state index contributed by atoms with van der Waals surface area (Å²) in [6.07, 6.45) is 1.67. The number of carbonyl (C=O) groups is 1. The van der Waals surface area contributed by atoms with Crippen molar-refractivity contribution in [2.45, 2.75) is 13.5 Å². The molecule has 0 unspecified atom stereocenters. The van der Waals surface area contributed by atoms with E-state index in [1.165, 1.54) is 17.8 Å². The molecule has 0 saturated carbocycles. The molecule has 1 saturated heterocycles. The average molecular weight is 424 g/mol. The Morgan fingerprint density at radius 1 is 1.30 bits per heavy atom. The number of thiocarbonyl (C=S) groups is 1. The van der Waals surface area contributed by atoms with Crippen molar-refractivity contribution in [3.63, 3.8) is 0 Å². The van der Waals surface area contributed by atoms with Crippen LogP contribution in [0, 0.1) is 5.82 Å². The molecule has 0 aromatic heterocycles. The van der Waals surface area contributed by atoms with Gasteiger partial charge in [0, 0.05) is 5.56 Å². The van der Waals surface area contributed by atoms with Gasteiger partial charge in [-0.05, 0) is 36.8 Å². The van der Waals surface area contributed by atoms with Crippen molar-refractivity contribution in [1.82, 2.24) is 5.32 Å². The fraction of sp³-hybridized carbons (Fsp3) is 0.158. The van der Waals surface area contributed by atoms with Gasteiger partial charge in [0.2, 0.25) is 0 Å². The first kappa shape index (κ1) is 19.7. The molecule has 0 radical (unpaired) electrons. The number of ether oxygens (including phenoxy) is 2. The Balaban J connectivity index is 1.88. The zero-order valence-electron chi connectivity index (χ0n) is 14.3. The van der Waals surface area contributed by atoms with Crippen LogP contribution in [0.2, 0.25) is 5.02 Å². The molecule has 2 aromatic rings. The summed E-state index contributed by atoms with van der Waals surface area (Å²) in [6, 6.07) is 9.73. The van der Waals surface area contributed by atoms with Crippen molar-refractivity contribution in [3.8, 4) is 11.5 Å². The summed E-state index contributed by atoms with van der Waals surface area (Å²) in [4.78, 5) is 12.3. The fourth-order valence-corrected chi connectivity index (χ4v) is 3.73. The molecular formula is C19H15ClFNO3S2. The van der Waals surface area contributed by atoms with E-state index >= 15 is 0 Å². The number of halogens is 2. The number of carbonyl (C=O) groups excluding carboxylic acids is 1. The normalized spacial score (nSPS) is 15.1. The zero-order chi connectivity index (χ0) is 19.4. The summed E-state index contributed by atoms with van der Waals surface area (Å²) in [5.74, 6) is 0.134. The van der Waals surface area contributed by atoms with Gasteiger partial charge < -0.3 is 14.8 Å². The highest BCUT2D eigenvalue weighted by molar-refractivity contribution is 8.26. The second-order valence-corrected chi connectivity index (χ2v) is 7.62. The fourth-order valence-electron chi connectivity index (χ4n) is 2.41. The van der Waals surface area contributed by atoms with Crippen LogP contribution in [0.4, 0.5) is 4.39 Å². The average Bonchev–Trinajstić information content (AvgIpc) is 2.93. The highest BCUT2D eigenvalue weighted by Crippen LogP contribution is 2.38. The van der Waals surface area contributed by atoms with E-state index in [2.05, 4.69) is 5.32 Å². The Labute approximate surface area is 170 Å². The first-order valence-corrected chi connectivity index (χ1v) is 9.65. The topological polar surface area (TPSA) is 47.6 Å². The van der Waals surface area contributed by atoms with E-state index in [0.29, 0.717) is 43.5 Å². The molecule has 1 aliphatic heterocycles. The molecule has 2 aromatic carbocycles. The summed E-state index contributed by atoms with van der Waals surface area (Å²) in [5, 5.41) is 2.86. The number of hydrogen-bond donors (Lipinski definition) is 1. The quantitative estimate of drug-likeness (QED) is 0.526. The molecule has 3 rings (SSSR count). The van der Waals surface area contributed by atoms with Gasteiger partial charge in [-0.1, -0.05) is 53.8 Å². The summed E-state index contributed by atoms with van der Waals surface area (Å²) in [7, 11) is 0. The number of rotatable bonds is 6. The van der Waals surface area contributed by atoms with Gasteiger partial charge in [-0.2, -0.15) is 0 Å². The lowest BCUT2D eigenvalue weighted by atomic mass is 10.1. The predicted octanol–water partition coefficient (Wildman–Crippen LogP) is 4.95. The van der Waals surface area contributed by atoms with Crippen LogP contribution in [0.5, 0.6) is 11.5 Å². The number of hydrogen-bond acceptors (Lipinski definition) is 5. The minimum Gasteiger partial charge on any atom is -0.490 e. The Hall–Kier alpha value is -2.09. The molecule has 1 fully saturated rings. The van der Waals surface area contributed by atoms with E-state index in [0.717, 1.165) is 0 Å². The second-order valence-electron chi connectivity index (χ2n) is 5.50. The lowest BCUT2D eigenvalue weighted by Gasteiger charge is -2.15. The monoisotopic (exact) mass is 423 g/mol. The number of amides is 1. The van der Waals surface area contributed by atoms with Gasteiger partial charge in [0.15, 0.2) is 11.5 Å². The lowest BCUT2D eigenvalue weighted by Crippen LogP contribution is -2.17. The molecule has 1 heterocycles. The van der Waals surface area contributed by atoms with Gasteiger partial charge in [-0.25, -0.2) is 4.39 Å². The van der Waals surface area contributed by atoms with Crippen LogP contribution in [0.1, 0.15) is 18.1 Å². The largest absolute Gasteiger partial charge is 0.490 e. The van der Waals surface area contributed by atoms with Crippen molar-refractivity contribution in [2.75, 3.05) is 6.61 Å². The molecule has 0 spiro atoms. The number of thioether (sulfide) groups is 1. The number of benzene rings is 2. The molecule has 1 aliphatic rings. The van der Waals surface area contributed by atoms with E-state index < -0.39 is 0 Å². The maximum absolute atomic E-state index is 13.8. The van der Waals surface area contributed by atoms with E-state index in [1.807, 2.05) is 6.92 Å². The first-order chi connectivity index (χ1) is 13.0. The summed E-state index contributed by atoms with van der Waals surface area (Å²) in [6.45, 7) is 2.24. The van der Waals surface area contributed by atoms with Crippen LogP contribution in [0.3, 0.4) is 0 Å². The highest BCUT2D eigenvalue weighted by atomic mass is 35.5. The maximum atomic E-state index is 13.8. The third-order valence-electron chi connectivity index (χ3n) is 3.60. The molecular weight excluding hydrogens is 409 g/mol. The molecule has 1 amide bonds. The lowest BCUT2D eigenvalue weighted by molar-refractivity contribution is -0.115. The molecule has 1 N–H and O–H groups in total. The molecule has 27 heavy (non-hydrogen) atoms. The van der Waals surface area contributed by atoms with Crippen molar-refractivity contribution in [1.29, 1.82) is 0 Å². The number of nitrogens with one attached hydrogen (secondary N) is 1. The first-order valence-electron chi connectivity index (χ1n) is 8.05. The smallest absolute Gasteiger partial charge is 0.263 e. The minimum atomic E-state index is -0.354. The van der Waals surface area contributed by atoms with Gasteiger partial charge in [-0.15, -0.1) is 0 Å². The van der Waals surface area contributed by atoms with Gasteiger partial charge in [0.1, 0.15) is 16.7 Å². The summed E-state index contributed by atoms with van der Waals surface area (Å²) >= 11 is 12.5. The van der Waals surface area contributed by atoms with Gasteiger partial charge in [-0.3, -0.25) is 4.79 Å². The third-order valence-corrected chi connectivity index (χ3v) is 5.04. The molecule has 0 aliphatic carbocycles. The SMILES string of the molecule is CCOc1cc(C=C2SC(=S)NC2=O)cc(Cl)c1OCc1ccccc1F. The summed E-state index contributed by atoms with van der Waals surface area (Å²) < 4.78 is 25.6. The van der Waals surface area contributed by atoms with Crippen LogP contribution >= 0.6 is 35.6 Å². The third kappa shape index (κ3) is 4.80. The van der Waals surface area contributed by atoms with Crippen LogP contribution in [0.15, 0.2) is 41.3 Å². The Morgan fingerprint density at radius 2 is 2.07 bits per heavy atom. The standard InChI is InChI=1S/C19H15ClFNO3S2/c1-2-24-15-8-11(9-16-18(23)22-19(26)27-16)7-13(20)17(15)25-10-12-5-3-4-6-14(12)21/h3-9H,2,10H2,1H3,(H,22,23,26). The summed E-state index contributed by atoms with van der Waals surface area (Å²) in [5.41, 5.74) is 1.08. The van der Waals surface area contributed by atoms with Gasteiger partial charge >= 0.3 is 0 Å². The minimum absolute atomic E-state index is 0.0133. The van der Waals surface area contributed by atoms with Crippen LogP contribution < -0.4 is 14.8 Å². The maximum Gasteiger partial charge on any atom is 0.263 e. The van der Waals surface area contributed by atoms with Crippen molar-refractivity contribution in [3.05, 3.63) is 63.3 Å². The Kier molecular flexibility index (Phi) is 6.36. The van der Waals surface area contributed by atoms with E-state index in [1.54, 1.807) is 36.4 Å². The van der Waals surface area contributed by atoms with Crippen LogP contribution in [-0.4, -0.2) is 16.8 Å². The van der Waals surface area contributed by atoms with Crippen molar-refractivity contribution < 1.29 is 18.7 Å². The Bertz CT molecular complexity index is 933. The van der Waals surface area contributed by atoms with Crippen LogP contribution in [0.25, 0.3) is 6.08 Å². The highest BCUT2D eigenvalue weighted by Gasteiger charge is 2.22. The molecule has 8 heteroatoms. The molecule has 0 bridgehead atoms. The predicted molar refractivity (Wildman–Crippen MR) is 110 cm³/mol. The van der Waals surface area contributed by atoms with E-state index in [4.69, 9.17) is 33.3 Å².